The van der Waals surface area contributed by atoms with Crippen molar-refractivity contribution in [3.8, 4) is 0 Å². The second-order valence-electron chi connectivity index (χ2n) is 6.40. The molecule has 3 aromatic heterocycles. The van der Waals surface area contributed by atoms with Gasteiger partial charge in [-0.2, -0.15) is 0 Å². The maximum atomic E-state index is 6.19. The highest BCUT2D eigenvalue weighted by Crippen LogP contribution is 2.11. The van der Waals surface area contributed by atoms with Gasteiger partial charge in [0.05, 0.1) is 12.2 Å². The predicted octanol–water partition coefficient (Wildman–Crippen LogP) is 1.69. The quantitative estimate of drug-likeness (QED) is 0.350. The molecule has 0 spiro atoms. The van der Waals surface area contributed by atoms with E-state index in [0.717, 1.165) is 43.5 Å². The first-order valence-corrected chi connectivity index (χ1v) is 8.70. The van der Waals surface area contributed by atoms with Crippen LogP contribution < -0.4 is 10.6 Å². The van der Waals surface area contributed by atoms with Crippen LogP contribution in [-0.2, 0) is 6.54 Å². The second-order valence-corrected chi connectivity index (χ2v) is 6.40. The zero-order valence-corrected chi connectivity index (χ0v) is 17.5. The molecule has 0 unspecified atom stereocenters. The Labute approximate surface area is 175 Å². The molecule has 3 aromatic rings. The molecule has 2 N–H and O–H groups in total. The van der Waals surface area contributed by atoms with Crippen LogP contribution in [0.15, 0.2) is 48.0 Å². The van der Waals surface area contributed by atoms with Crippen molar-refractivity contribution in [1.82, 2.24) is 24.3 Å². The number of guanidine groups is 1. The van der Waals surface area contributed by atoms with Gasteiger partial charge in [-0.05, 0) is 24.6 Å². The molecule has 0 aliphatic carbocycles. The van der Waals surface area contributed by atoms with Gasteiger partial charge >= 0.3 is 0 Å². The van der Waals surface area contributed by atoms with Gasteiger partial charge in [-0.1, -0.05) is 6.07 Å². The molecule has 1 fully saturated rings. The fourth-order valence-electron chi connectivity index (χ4n) is 3.08. The molecule has 27 heavy (non-hydrogen) atoms. The normalized spacial score (nSPS) is 15.1. The van der Waals surface area contributed by atoms with Crippen LogP contribution >= 0.6 is 24.0 Å². The summed E-state index contributed by atoms with van der Waals surface area (Å²) in [5, 5.41) is 0. The lowest BCUT2D eigenvalue weighted by Crippen LogP contribution is -2.51. The van der Waals surface area contributed by atoms with E-state index in [-0.39, 0.29) is 24.0 Å². The van der Waals surface area contributed by atoms with Crippen molar-refractivity contribution in [2.24, 2.45) is 10.7 Å². The number of hydrogen-bond donors (Lipinski definition) is 1. The van der Waals surface area contributed by atoms with Crippen molar-refractivity contribution >= 4 is 41.5 Å². The molecular weight excluding hydrogens is 455 g/mol. The van der Waals surface area contributed by atoms with E-state index in [9.17, 15) is 0 Å². The van der Waals surface area contributed by atoms with Gasteiger partial charge < -0.3 is 19.9 Å². The summed E-state index contributed by atoms with van der Waals surface area (Å²) < 4.78 is 2.02. The van der Waals surface area contributed by atoms with E-state index in [2.05, 4.69) is 48.9 Å². The number of halogens is 1. The maximum Gasteiger partial charge on any atom is 0.225 e. The van der Waals surface area contributed by atoms with Gasteiger partial charge in [0.25, 0.3) is 0 Å². The lowest BCUT2D eigenvalue weighted by atomic mass is 10.3. The first-order chi connectivity index (χ1) is 12.7. The number of aliphatic imine (C=N–C) groups is 1. The fraction of sp³-hybridized carbons (Fsp3) is 0.333. The van der Waals surface area contributed by atoms with E-state index in [1.54, 1.807) is 12.4 Å². The summed E-state index contributed by atoms with van der Waals surface area (Å²) in [6.45, 7) is 5.81. The first kappa shape index (κ1) is 19.3. The van der Waals surface area contributed by atoms with Crippen LogP contribution in [0.1, 0.15) is 11.3 Å². The number of anilines is 1. The average molecular weight is 478 g/mol. The third-order valence-electron chi connectivity index (χ3n) is 4.49. The molecule has 0 saturated carbocycles. The highest BCUT2D eigenvalue weighted by molar-refractivity contribution is 14.0. The van der Waals surface area contributed by atoms with E-state index < -0.39 is 0 Å². The van der Waals surface area contributed by atoms with Crippen LogP contribution in [0.5, 0.6) is 0 Å². The smallest absolute Gasteiger partial charge is 0.225 e. The Balaban J connectivity index is 0.00000210. The van der Waals surface area contributed by atoms with Crippen LogP contribution in [0.4, 0.5) is 5.95 Å². The molecule has 0 bridgehead atoms. The lowest BCUT2D eigenvalue weighted by molar-refractivity contribution is 0.378. The number of nitrogens with two attached hydrogens (primary N) is 1. The zero-order chi connectivity index (χ0) is 17.9. The summed E-state index contributed by atoms with van der Waals surface area (Å²) in [6, 6.07) is 5.89. The largest absolute Gasteiger partial charge is 0.370 e. The molecule has 9 heteroatoms. The Morgan fingerprint density at radius 1 is 1.11 bits per heavy atom. The van der Waals surface area contributed by atoms with Gasteiger partial charge in [0.1, 0.15) is 5.65 Å². The van der Waals surface area contributed by atoms with Crippen LogP contribution in [0.25, 0.3) is 5.65 Å². The minimum Gasteiger partial charge on any atom is -0.370 e. The molecule has 1 aliphatic rings. The third kappa shape index (κ3) is 4.46. The monoisotopic (exact) mass is 478 g/mol. The topological polar surface area (TPSA) is 87.9 Å². The molecule has 1 aliphatic heterocycles. The summed E-state index contributed by atoms with van der Waals surface area (Å²) in [6.07, 6.45) is 7.59. The number of aryl methyl sites for hydroxylation is 1. The Morgan fingerprint density at radius 3 is 2.59 bits per heavy atom. The number of pyridine rings is 1. The fourth-order valence-corrected chi connectivity index (χ4v) is 3.08. The molecule has 0 aromatic carbocycles. The van der Waals surface area contributed by atoms with E-state index in [1.165, 1.54) is 5.56 Å². The standard InChI is InChI=1S/C18H22N8.HI/c1-14-3-4-16-23-15(13-26(16)12-14)11-22-17(19)24-7-9-25(10-8-24)18-20-5-2-6-21-18;/h2-6,12-13H,7-11H2,1H3,(H2,19,22);1H. The minimum absolute atomic E-state index is 0. The summed E-state index contributed by atoms with van der Waals surface area (Å²) >= 11 is 0. The molecule has 8 nitrogen and oxygen atoms in total. The van der Waals surface area contributed by atoms with Gasteiger partial charge in [0.2, 0.25) is 5.95 Å². The van der Waals surface area contributed by atoms with Crippen molar-refractivity contribution in [3.05, 3.63) is 54.2 Å². The van der Waals surface area contributed by atoms with E-state index in [0.29, 0.717) is 12.5 Å². The van der Waals surface area contributed by atoms with Gasteiger partial charge in [-0.15, -0.1) is 24.0 Å². The Bertz CT molecular complexity index is 916. The van der Waals surface area contributed by atoms with Gasteiger partial charge in [0, 0.05) is 51.0 Å². The molecule has 0 radical (unpaired) electrons. The molecule has 4 heterocycles. The van der Waals surface area contributed by atoms with Gasteiger partial charge in [-0.25, -0.2) is 19.9 Å². The molecule has 1 saturated heterocycles. The van der Waals surface area contributed by atoms with Crippen LogP contribution in [0.2, 0.25) is 0 Å². The van der Waals surface area contributed by atoms with E-state index in [1.807, 2.05) is 22.7 Å². The summed E-state index contributed by atoms with van der Waals surface area (Å²) in [4.78, 5) is 22.0. The van der Waals surface area contributed by atoms with Crippen LogP contribution in [0.3, 0.4) is 0 Å². The van der Waals surface area contributed by atoms with Crippen molar-refractivity contribution in [1.29, 1.82) is 0 Å². The van der Waals surface area contributed by atoms with Crippen molar-refractivity contribution < 1.29 is 0 Å². The Morgan fingerprint density at radius 2 is 1.85 bits per heavy atom. The number of imidazole rings is 1. The van der Waals surface area contributed by atoms with Gasteiger partial charge in [0.15, 0.2) is 5.96 Å². The van der Waals surface area contributed by atoms with E-state index in [4.69, 9.17) is 5.73 Å². The summed E-state index contributed by atoms with van der Waals surface area (Å²) in [5.74, 6) is 1.33. The molecule has 0 amide bonds. The summed E-state index contributed by atoms with van der Waals surface area (Å²) in [5.41, 5.74) is 9.23. The van der Waals surface area contributed by atoms with Crippen molar-refractivity contribution in [2.45, 2.75) is 13.5 Å². The third-order valence-corrected chi connectivity index (χ3v) is 4.49. The predicted molar refractivity (Wildman–Crippen MR) is 116 cm³/mol. The summed E-state index contributed by atoms with van der Waals surface area (Å²) in [7, 11) is 0. The molecule has 0 atom stereocenters. The molecule has 142 valence electrons. The van der Waals surface area contributed by atoms with Crippen LogP contribution in [-0.4, -0.2) is 56.4 Å². The second kappa shape index (κ2) is 8.51. The zero-order valence-electron chi connectivity index (χ0n) is 15.2. The molecule has 4 rings (SSSR count). The highest BCUT2D eigenvalue weighted by Gasteiger charge is 2.19. The number of fused-ring (bicyclic) bond motifs is 1. The van der Waals surface area contributed by atoms with Crippen LogP contribution in [0, 0.1) is 6.92 Å². The lowest BCUT2D eigenvalue weighted by Gasteiger charge is -2.35. The van der Waals surface area contributed by atoms with Crippen molar-refractivity contribution in [2.75, 3.05) is 31.1 Å². The number of piperazine rings is 1. The van der Waals surface area contributed by atoms with Crippen molar-refractivity contribution in [3.63, 3.8) is 0 Å². The molecular formula is C18H23IN8. The highest BCUT2D eigenvalue weighted by atomic mass is 127. The first-order valence-electron chi connectivity index (χ1n) is 8.70. The van der Waals surface area contributed by atoms with Gasteiger partial charge in [-0.3, -0.25) is 0 Å². The minimum atomic E-state index is 0. The Hall–Kier alpha value is -2.43. The number of aromatic nitrogens is 4. The van der Waals surface area contributed by atoms with E-state index >= 15 is 0 Å². The number of hydrogen-bond acceptors (Lipinski definition) is 5. The SMILES string of the molecule is Cc1ccc2nc(CN=C(N)N3CCN(c4ncccn4)CC3)cn2c1.I. The maximum absolute atomic E-state index is 6.19. The number of nitrogens with zero attached hydrogens (tertiary/aromatic N) is 7. The average Bonchev–Trinajstić information content (AvgIpc) is 3.09. The number of rotatable bonds is 3. The Kier molecular flexibility index (Phi) is 6.09.